The van der Waals surface area contributed by atoms with Crippen molar-refractivity contribution >= 4 is 11.8 Å². The highest BCUT2D eigenvalue weighted by molar-refractivity contribution is 5.94. The lowest BCUT2D eigenvalue weighted by molar-refractivity contribution is -0.132. The fourth-order valence-electron chi connectivity index (χ4n) is 4.25. The number of carbonyl (C=O) groups excluding carboxylic acids is 2. The summed E-state index contributed by atoms with van der Waals surface area (Å²) >= 11 is 0. The van der Waals surface area contributed by atoms with E-state index in [1.54, 1.807) is 0 Å². The molecule has 4 heteroatoms. The molecule has 1 aliphatic carbocycles. The third-order valence-electron chi connectivity index (χ3n) is 6.32. The van der Waals surface area contributed by atoms with Crippen LogP contribution in [0.3, 0.4) is 0 Å². The van der Waals surface area contributed by atoms with Gasteiger partial charge >= 0.3 is 0 Å². The predicted molar refractivity (Wildman–Crippen MR) is 119 cm³/mol. The number of carbonyl (C=O) groups is 2. The predicted octanol–water partition coefficient (Wildman–Crippen LogP) is 4.38. The first-order valence-corrected chi connectivity index (χ1v) is 11.4. The maximum Gasteiger partial charge on any atom is 0.251 e. The molecule has 0 spiro atoms. The number of piperidine rings is 1. The van der Waals surface area contributed by atoms with Crippen LogP contribution in [0, 0.1) is 5.92 Å². The van der Waals surface area contributed by atoms with Crippen molar-refractivity contribution in [3.63, 3.8) is 0 Å². The van der Waals surface area contributed by atoms with Crippen LogP contribution in [0.2, 0.25) is 0 Å². The van der Waals surface area contributed by atoms with Crippen LogP contribution in [-0.4, -0.2) is 35.8 Å². The summed E-state index contributed by atoms with van der Waals surface area (Å²) in [5.41, 5.74) is 3.34. The van der Waals surface area contributed by atoms with E-state index in [4.69, 9.17) is 0 Å². The maximum atomic E-state index is 12.5. The molecule has 0 atom stereocenters. The number of likely N-dealkylation sites (tertiary alicyclic amines) is 1. The molecule has 1 saturated heterocycles. The van der Waals surface area contributed by atoms with Crippen LogP contribution >= 0.6 is 0 Å². The maximum absolute atomic E-state index is 12.5. The van der Waals surface area contributed by atoms with E-state index in [0.717, 1.165) is 63.6 Å². The molecule has 30 heavy (non-hydrogen) atoms. The van der Waals surface area contributed by atoms with Crippen molar-refractivity contribution in [3.8, 4) is 0 Å². The monoisotopic (exact) mass is 404 g/mol. The number of aryl methyl sites for hydroxylation is 1. The quantitative estimate of drug-likeness (QED) is 0.710. The van der Waals surface area contributed by atoms with E-state index >= 15 is 0 Å². The molecule has 0 unspecified atom stereocenters. The average molecular weight is 405 g/mol. The summed E-state index contributed by atoms with van der Waals surface area (Å²) in [6, 6.07) is 18.8. The smallest absolute Gasteiger partial charge is 0.251 e. The molecule has 1 N–H and O–H groups in total. The van der Waals surface area contributed by atoms with Gasteiger partial charge < -0.3 is 10.2 Å². The van der Waals surface area contributed by atoms with Crippen LogP contribution in [-0.2, 0) is 17.6 Å². The zero-order valence-electron chi connectivity index (χ0n) is 17.7. The zero-order chi connectivity index (χ0) is 20.8. The molecule has 158 valence electrons. The summed E-state index contributed by atoms with van der Waals surface area (Å²) in [7, 11) is 0. The highest BCUT2D eigenvalue weighted by Gasteiger charge is 2.24. The molecule has 2 fully saturated rings. The highest BCUT2D eigenvalue weighted by Crippen LogP contribution is 2.23. The molecule has 1 saturated carbocycles. The number of nitrogens with one attached hydrogen (secondary N) is 1. The van der Waals surface area contributed by atoms with Gasteiger partial charge in [0.15, 0.2) is 0 Å². The molecule has 2 aromatic rings. The number of hydrogen-bond donors (Lipinski definition) is 1. The summed E-state index contributed by atoms with van der Waals surface area (Å²) in [6.07, 6.45) is 7.91. The Hall–Kier alpha value is -2.62. The van der Waals surface area contributed by atoms with Gasteiger partial charge in [0.05, 0.1) is 0 Å². The molecule has 4 nitrogen and oxygen atoms in total. The molecule has 2 aromatic carbocycles. The lowest BCUT2D eigenvalue weighted by Crippen LogP contribution is -2.38. The van der Waals surface area contributed by atoms with Crippen molar-refractivity contribution in [1.29, 1.82) is 0 Å². The van der Waals surface area contributed by atoms with Gasteiger partial charge in [0.1, 0.15) is 0 Å². The van der Waals surface area contributed by atoms with Crippen molar-refractivity contribution in [1.82, 2.24) is 10.2 Å². The fraction of sp³-hybridized carbons (Fsp3) is 0.462. The molecule has 4 rings (SSSR count). The molecule has 0 radical (unpaired) electrons. The van der Waals surface area contributed by atoms with Crippen molar-refractivity contribution < 1.29 is 9.59 Å². The Kier molecular flexibility index (Phi) is 6.83. The van der Waals surface area contributed by atoms with Crippen molar-refractivity contribution in [2.75, 3.05) is 13.1 Å². The Morgan fingerprint density at radius 2 is 1.57 bits per heavy atom. The summed E-state index contributed by atoms with van der Waals surface area (Å²) in [6.45, 7) is 1.74. The van der Waals surface area contributed by atoms with Crippen LogP contribution in [0.15, 0.2) is 54.6 Å². The molecule has 2 aliphatic rings. The summed E-state index contributed by atoms with van der Waals surface area (Å²) in [5, 5.41) is 3.03. The van der Waals surface area contributed by atoms with Gasteiger partial charge in [-0.05, 0) is 74.1 Å². The molecule has 1 aliphatic heterocycles. The Bertz CT molecular complexity index is 835. The second-order valence-corrected chi connectivity index (χ2v) is 8.81. The van der Waals surface area contributed by atoms with Crippen LogP contribution in [0.25, 0.3) is 0 Å². The van der Waals surface area contributed by atoms with Gasteiger partial charge in [-0.15, -0.1) is 0 Å². The van der Waals surface area contributed by atoms with Gasteiger partial charge in [-0.1, -0.05) is 42.5 Å². The van der Waals surface area contributed by atoms with Gasteiger partial charge in [0.2, 0.25) is 5.91 Å². The van der Waals surface area contributed by atoms with Crippen LogP contribution in [0.5, 0.6) is 0 Å². The van der Waals surface area contributed by atoms with Crippen LogP contribution in [0.4, 0.5) is 0 Å². The minimum atomic E-state index is 0.0446. The van der Waals surface area contributed by atoms with Crippen LogP contribution in [0.1, 0.15) is 60.0 Å². The van der Waals surface area contributed by atoms with E-state index in [9.17, 15) is 9.59 Å². The molecular weight excluding hydrogens is 372 g/mol. The minimum absolute atomic E-state index is 0.0446. The first-order valence-electron chi connectivity index (χ1n) is 11.4. The molecule has 0 aromatic heterocycles. The van der Waals surface area contributed by atoms with E-state index in [-0.39, 0.29) is 5.91 Å². The van der Waals surface area contributed by atoms with Crippen molar-refractivity contribution in [2.45, 2.75) is 57.4 Å². The Morgan fingerprint density at radius 1 is 0.867 bits per heavy atom. The van der Waals surface area contributed by atoms with E-state index < -0.39 is 0 Å². The lowest BCUT2D eigenvalue weighted by atomic mass is 9.89. The number of hydrogen-bond acceptors (Lipinski definition) is 2. The van der Waals surface area contributed by atoms with Gasteiger partial charge in [0.25, 0.3) is 5.91 Å². The molecule has 0 bridgehead atoms. The second kappa shape index (κ2) is 9.92. The second-order valence-electron chi connectivity index (χ2n) is 8.81. The molecule has 1 heterocycles. The number of amides is 2. The Balaban J connectivity index is 1.17. The first-order chi connectivity index (χ1) is 14.7. The summed E-state index contributed by atoms with van der Waals surface area (Å²) in [4.78, 5) is 26.7. The SMILES string of the molecule is O=C(NC1CC1)c1ccc(CC2CCN(C(=O)CCCc3ccccc3)CC2)cc1. The fourth-order valence-corrected chi connectivity index (χ4v) is 4.25. The molecule has 2 amide bonds. The van der Waals surface area contributed by atoms with E-state index in [2.05, 4.69) is 41.7 Å². The lowest BCUT2D eigenvalue weighted by Gasteiger charge is -2.32. The van der Waals surface area contributed by atoms with E-state index in [0.29, 0.717) is 24.3 Å². The third-order valence-corrected chi connectivity index (χ3v) is 6.32. The van der Waals surface area contributed by atoms with Crippen molar-refractivity contribution in [3.05, 3.63) is 71.3 Å². The molecular formula is C26H32N2O2. The first kappa shape index (κ1) is 20.6. The van der Waals surface area contributed by atoms with Gasteiger partial charge in [-0.2, -0.15) is 0 Å². The highest BCUT2D eigenvalue weighted by atomic mass is 16.2. The van der Waals surface area contributed by atoms with Gasteiger partial charge in [0, 0.05) is 31.1 Å². The Morgan fingerprint density at radius 3 is 2.23 bits per heavy atom. The number of benzene rings is 2. The third kappa shape index (κ3) is 5.94. The normalized spacial score (nSPS) is 17.0. The average Bonchev–Trinajstić information content (AvgIpc) is 3.59. The van der Waals surface area contributed by atoms with Crippen molar-refractivity contribution in [2.24, 2.45) is 5.92 Å². The van der Waals surface area contributed by atoms with Crippen LogP contribution < -0.4 is 5.32 Å². The number of nitrogens with zero attached hydrogens (tertiary/aromatic N) is 1. The minimum Gasteiger partial charge on any atom is -0.349 e. The summed E-state index contributed by atoms with van der Waals surface area (Å²) in [5.74, 6) is 0.961. The standard InChI is InChI=1S/C26H32N2O2/c29-25(8-4-7-20-5-2-1-3-6-20)28-17-15-22(16-18-28)19-21-9-11-23(12-10-21)26(30)27-24-13-14-24/h1-3,5-6,9-12,22,24H,4,7-8,13-19H2,(H,27,30). The van der Waals surface area contributed by atoms with E-state index in [1.807, 2.05) is 23.1 Å². The largest absolute Gasteiger partial charge is 0.349 e. The topological polar surface area (TPSA) is 49.4 Å². The van der Waals surface area contributed by atoms with Gasteiger partial charge in [-0.3, -0.25) is 9.59 Å². The number of rotatable bonds is 8. The van der Waals surface area contributed by atoms with E-state index in [1.165, 1.54) is 11.1 Å². The van der Waals surface area contributed by atoms with Gasteiger partial charge in [-0.25, -0.2) is 0 Å². The summed E-state index contributed by atoms with van der Waals surface area (Å²) < 4.78 is 0. The Labute approximate surface area is 179 Å². The zero-order valence-corrected chi connectivity index (χ0v) is 17.7.